The minimum absolute atomic E-state index is 0.290. The molecule has 0 radical (unpaired) electrons. The Bertz CT molecular complexity index is 921. The second-order valence-corrected chi connectivity index (χ2v) is 7.45. The molecular formula is C19H25N7O. The summed E-state index contributed by atoms with van der Waals surface area (Å²) in [6, 6.07) is 9.19. The summed E-state index contributed by atoms with van der Waals surface area (Å²) in [6.45, 7) is 9.77. The topological polar surface area (TPSA) is 101 Å². The number of nitrogens with zero attached hydrogens (tertiary/aromatic N) is 4. The lowest BCUT2D eigenvalue weighted by molar-refractivity contribution is 0.248. The van der Waals surface area contributed by atoms with Crippen molar-refractivity contribution in [2.45, 2.75) is 46.2 Å². The molecular weight excluding hydrogens is 342 g/mol. The number of amides is 2. The molecule has 0 saturated carbocycles. The summed E-state index contributed by atoms with van der Waals surface area (Å²) in [5, 5.41) is 17.2. The standard InChI is InChI=1S/C19H25N7O/c1-12(16-22-13(2)24-25-16)21-18(27)23-17-15(14-9-7-6-8-10-14)11-20-26(17)19(3,4)5/h6-12H,1-5H3,(H2,21,23,27)(H,22,24,25). The van der Waals surface area contributed by atoms with E-state index in [1.54, 1.807) is 6.20 Å². The van der Waals surface area contributed by atoms with Gasteiger partial charge in [-0.15, -0.1) is 0 Å². The van der Waals surface area contributed by atoms with Crippen LogP contribution in [0.4, 0.5) is 10.6 Å². The van der Waals surface area contributed by atoms with Crippen LogP contribution in [-0.2, 0) is 5.54 Å². The zero-order valence-corrected chi connectivity index (χ0v) is 16.2. The number of urea groups is 1. The van der Waals surface area contributed by atoms with Gasteiger partial charge in [-0.1, -0.05) is 30.3 Å². The van der Waals surface area contributed by atoms with Crippen LogP contribution in [0.1, 0.15) is 45.4 Å². The number of hydrogen-bond acceptors (Lipinski definition) is 4. The molecule has 3 aromatic rings. The predicted molar refractivity (Wildman–Crippen MR) is 104 cm³/mol. The van der Waals surface area contributed by atoms with Crippen LogP contribution in [0.2, 0.25) is 0 Å². The molecule has 0 bridgehead atoms. The van der Waals surface area contributed by atoms with Gasteiger partial charge in [-0.25, -0.2) is 14.5 Å². The molecule has 0 aliphatic rings. The predicted octanol–water partition coefficient (Wildman–Crippen LogP) is 3.61. The van der Waals surface area contributed by atoms with Crippen molar-refractivity contribution in [3.8, 4) is 11.1 Å². The number of aromatic nitrogens is 5. The molecule has 1 atom stereocenters. The molecule has 0 aliphatic carbocycles. The van der Waals surface area contributed by atoms with Gasteiger partial charge in [0.25, 0.3) is 0 Å². The Morgan fingerprint density at radius 1 is 1.22 bits per heavy atom. The first-order chi connectivity index (χ1) is 12.8. The zero-order chi connectivity index (χ0) is 19.6. The average Bonchev–Trinajstić information content (AvgIpc) is 3.21. The van der Waals surface area contributed by atoms with E-state index in [-0.39, 0.29) is 17.6 Å². The minimum atomic E-state index is -0.340. The van der Waals surface area contributed by atoms with E-state index in [9.17, 15) is 4.79 Å². The number of anilines is 1. The van der Waals surface area contributed by atoms with Gasteiger partial charge in [0.1, 0.15) is 11.6 Å². The number of carbonyl (C=O) groups excluding carboxylic acids is 1. The molecule has 2 amide bonds. The van der Waals surface area contributed by atoms with Crippen molar-refractivity contribution in [3.63, 3.8) is 0 Å². The molecule has 1 unspecified atom stereocenters. The summed E-state index contributed by atoms with van der Waals surface area (Å²) in [7, 11) is 0. The van der Waals surface area contributed by atoms with E-state index in [1.807, 2.05) is 69.6 Å². The smallest absolute Gasteiger partial charge is 0.320 e. The fourth-order valence-electron chi connectivity index (χ4n) is 2.76. The number of aromatic amines is 1. The zero-order valence-electron chi connectivity index (χ0n) is 16.2. The van der Waals surface area contributed by atoms with Gasteiger partial charge in [0.15, 0.2) is 5.82 Å². The molecule has 0 aliphatic heterocycles. The van der Waals surface area contributed by atoms with Crippen molar-refractivity contribution in [2.75, 3.05) is 5.32 Å². The SMILES string of the molecule is Cc1nc(C(C)NC(=O)Nc2c(-c3ccccc3)cnn2C(C)(C)C)n[nH]1. The maximum atomic E-state index is 12.6. The maximum Gasteiger partial charge on any atom is 0.320 e. The average molecular weight is 367 g/mol. The van der Waals surface area contributed by atoms with Crippen LogP contribution < -0.4 is 10.6 Å². The van der Waals surface area contributed by atoms with Crippen molar-refractivity contribution in [3.05, 3.63) is 48.2 Å². The third-order valence-electron chi connectivity index (χ3n) is 4.07. The Kier molecular flexibility index (Phi) is 4.98. The number of H-pyrrole nitrogens is 1. The van der Waals surface area contributed by atoms with Crippen molar-refractivity contribution in [1.29, 1.82) is 0 Å². The van der Waals surface area contributed by atoms with Crippen molar-refractivity contribution >= 4 is 11.8 Å². The molecule has 3 rings (SSSR count). The van der Waals surface area contributed by atoms with Gasteiger partial charge in [0.05, 0.1) is 17.8 Å². The van der Waals surface area contributed by atoms with Crippen LogP contribution >= 0.6 is 0 Å². The molecule has 27 heavy (non-hydrogen) atoms. The molecule has 8 nitrogen and oxygen atoms in total. The lowest BCUT2D eigenvalue weighted by atomic mass is 10.1. The first-order valence-corrected chi connectivity index (χ1v) is 8.86. The number of nitrogens with one attached hydrogen (secondary N) is 3. The second kappa shape index (κ2) is 7.22. The number of rotatable bonds is 4. The first kappa shape index (κ1) is 18.6. The lowest BCUT2D eigenvalue weighted by Crippen LogP contribution is -2.34. The van der Waals surface area contributed by atoms with E-state index >= 15 is 0 Å². The Balaban J connectivity index is 1.86. The molecule has 1 aromatic carbocycles. The third-order valence-corrected chi connectivity index (χ3v) is 4.07. The second-order valence-electron chi connectivity index (χ2n) is 7.45. The largest absolute Gasteiger partial charge is 0.328 e. The van der Waals surface area contributed by atoms with Crippen LogP contribution in [-0.4, -0.2) is 31.0 Å². The number of benzene rings is 1. The van der Waals surface area contributed by atoms with Gasteiger partial charge in [0.2, 0.25) is 0 Å². The summed E-state index contributed by atoms with van der Waals surface area (Å²) in [4.78, 5) is 16.9. The highest BCUT2D eigenvalue weighted by Crippen LogP contribution is 2.31. The molecule has 0 fully saturated rings. The number of aryl methyl sites for hydroxylation is 1. The van der Waals surface area contributed by atoms with Crippen LogP contribution in [0.15, 0.2) is 36.5 Å². The van der Waals surface area contributed by atoms with Crippen molar-refractivity contribution in [1.82, 2.24) is 30.3 Å². The number of carbonyl (C=O) groups is 1. The monoisotopic (exact) mass is 367 g/mol. The summed E-state index contributed by atoms with van der Waals surface area (Å²) < 4.78 is 1.82. The molecule has 0 spiro atoms. The van der Waals surface area contributed by atoms with E-state index in [2.05, 4.69) is 30.9 Å². The van der Waals surface area contributed by atoms with Gasteiger partial charge < -0.3 is 5.32 Å². The van der Waals surface area contributed by atoms with Crippen molar-refractivity contribution < 1.29 is 4.79 Å². The van der Waals surface area contributed by atoms with E-state index in [1.165, 1.54) is 0 Å². The van der Waals surface area contributed by atoms with Gasteiger partial charge in [0, 0.05) is 5.56 Å². The Labute approximate surface area is 158 Å². The molecule has 8 heteroatoms. The fraction of sp³-hybridized carbons (Fsp3) is 0.368. The van der Waals surface area contributed by atoms with Crippen LogP contribution in [0.3, 0.4) is 0 Å². The highest BCUT2D eigenvalue weighted by Gasteiger charge is 2.24. The fourth-order valence-corrected chi connectivity index (χ4v) is 2.76. The third kappa shape index (κ3) is 4.16. The highest BCUT2D eigenvalue weighted by atomic mass is 16.2. The van der Waals surface area contributed by atoms with E-state index in [0.717, 1.165) is 11.1 Å². The Morgan fingerprint density at radius 2 is 1.93 bits per heavy atom. The van der Waals surface area contributed by atoms with Gasteiger partial charge in [-0.3, -0.25) is 10.4 Å². The van der Waals surface area contributed by atoms with E-state index in [0.29, 0.717) is 17.5 Å². The Hall–Kier alpha value is -3.16. The van der Waals surface area contributed by atoms with Crippen molar-refractivity contribution in [2.24, 2.45) is 0 Å². The van der Waals surface area contributed by atoms with E-state index < -0.39 is 0 Å². The molecule has 2 aromatic heterocycles. The molecule has 2 heterocycles. The summed E-state index contributed by atoms with van der Waals surface area (Å²) in [5.41, 5.74) is 1.56. The molecule has 142 valence electrons. The van der Waals surface area contributed by atoms with Gasteiger partial charge >= 0.3 is 6.03 Å². The number of hydrogen-bond donors (Lipinski definition) is 3. The summed E-state index contributed by atoms with van der Waals surface area (Å²) >= 11 is 0. The van der Waals surface area contributed by atoms with Crippen LogP contribution in [0, 0.1) is 6.92 Å². The summed E-state index contributed by atoms with van der Waals surface area (Å²) in [5.74, 6) is 1.89. The maximum absolute atomic E-state index is 12.6. The normalized spacial score (nSPS) is 12.6. The quantitative estimate of drug-likeness (QED) is 0.656. The van der Waals surface area contributed by atoms with Crippen LogP contribution in [0.25, 0.3) is 11.1 Å². The van der Waals surface area contributed by atoms with E-state index in [4.69, 9.17) is 0 Å². The molecule has 3 N–H and O–H groups in total. The summed E-state index contributed by atoms with van der Waals surface area (Å²) in [6.07, 6.45) is 1.78. The minimum Gasteiger partial charge on any atom is -0.328 e. The Morgan fingerprint density at radius 3 is 2.52 bits per heavy atom. The van der Waals surface area contributed by atoms with Gasteiger partial charge in [-0.2, -0.15) is 10.2 Å². The van der Waals surface area contributed by atoms with Gasteiger partial charge in [-0.05, 0) is 40.2 Å². The van der Waals surface area contributed by atoms with Crippen LogP contribution in [0.5, 0.6) is 0 Å². The highest BCUT2D eigenvalue weighted by molar-refractivity contribution is 5.93. The molecule has 0 saturated heterocycles. The first-order valence-electron chi connectivity index (χ1n) is 8.86. The lowest BCUT2D eigenvalue weighted by Gasteiger charge is -2.23.